The van der Waals surface area contributed by atoms with Crippen LogP contribution in [0.5, 0.6) is 0 Å². The number of ketones is 1. The number of hydrogen-bond acceptors (Lipinski definition) is 1. The van der Waals surface area contributed by atoms with E-state index in [2.05, 4.69) is 34.6 Å². The van der Waals surface area contributed by atoms with Crippen LogP contribution < -0.4 is 0 Å². The molecule has 0 bridgehead atoms. The molecule has 0 saturated heterocycles. The van der Waals surface area contributed by atoms with Crippen molar-refractivity contribution in [3.8, 4) is 0 Å². The van der Waals surface area contributed by atoms with Crippen molar-refractivity contribution in [1.29, 1.82) is 0 Å². The van der Waals surface area contributed by atoms with Gasteiger partial charge in [-0.2, -0.15) is 0 Å². The lowest BCUT2D eigenvalue weighted by Crippen LogP contribution is -2.29. The summed E-state index contributed by atoms with van der Waals surface area (Å²) >= 11 is 0. The molecule has 1 nitrogen and oxygen atoms in total. The summed E-state index contributed by atoms with van der Waals surface area (Å²) in [5.41, 5.74) is 0.609. The highest BCUT2D eigenvalue weighted by Gasteiger charge is 2.31. The Balaban J connectivity index is 3.76. The van der Waals surface area contributed by atoms with E-state index in [-0.39, 0.29) is 5.41 Å². The third-order valence-electron chi connectivity index (χ3n) is 4.82. The van der Waals surface area contributed by atoms with E-state index in [9.17, 15) is 4.79 Å². The Labute approximate surface area is 121 Å². The Kier molecular flexibility index (Phi) is 6.78. The van der Waals surface area contributed by atoms with Crippen LogP contribution in [0.15, 0.2) is 0 Å². The summed E-state index contributed by atoms with van der Waals surface area (Å²) in [6.45, 7) is 17.8. The predicted octanol–water partition coefficient (Wildman–Crippen LogP) is 6.01. The molecule has 0 aromatic heterocycles. The Hall–Kier alpha value is -0.330. The molecule has 0 spiro atoms. The zero-order valence-corrected chi connectivity index (χ0v) is 14.7. The van der Waals surface area contributed by atoms with Crippen molar-refractivity contribution in [2.75, 3.05) is 0 Å². The Morgan fingerprint density at radius 1 is 0.737 bits per heavy atom. The number of carbonyl (C=O) groups excluding carboxylic acids is 1. The molecule has 0 aliphatic heterocycles. The van der Waals surface area contributed by atoms with Gasteiger partial charge in [-0.15, -0.1) is 0 Å². The highest BCUT2D eigenvalue weighted by molar-refractivity contribution is 5.83. The van der Waals surface area contributed by atoms with Crippen LogP contribution in [-0.4, -0.2) is 5.78 Å². The first-order valence-electron chi connectivity index (χ1n) is 7.91. The summed E-state index contributed by atoms with van der Waals surface area (Å²) in [4.78, 5) is 11.8. The lowest BCUT2D eigenvalue weighted by Gasteiger charge is -2.39. The van der Waals surface area contributed by atoms with Crippen molar-refractivity contribution in [1.82, 2.24) is 0 Å². The van der Waals surface area contributed by atoms with Gasteiger partial charge in [0.2, 0.25) is 0 Å². The van der Waals surface area contributed by atoms with E-state index in [1.807, 2.05) is 20.8 Å². The molecule has 0 aromatic carbocycles. The lowest BCUT2D eigenvalue weighted by atomic mass is 9.67. The number of hydrogen-bond donors (Lipinski definition) is 0. The molecule has 0 fully saturated rings. The number of unbranched alkanes of at least 4 members (excludes halogenated alkanes) is 3. The minimum absolute atomic E-state index is 0.159. The monoisotopic (exact) mass is 268 g/mol. The third kappa shape index (κ3) is 7.13. The maximum atomic E-state index is 11.8. The van der Waals surface area contributed by atoms with Crippen molar-refractivity contribution in [3.63, 3.8) is 0 Å². The van der Waals surface area contributed by atoms with Gasteiger partial charge in [0.05, 0.1) is 0 Å². The fourth-order valence-electron chi connectivity index (χ4n) is 1.96. The number of rotatable bonds is 7. The summed E-state index contributed by atoms with van der Waals surface area (Å²) in [7, 11) is 0. The summed E-state index contributed by atoms with van der Waals surface area (Å²) in [6, 6.07) is 0. The number of carbonyl (C=O) groups is 1. The second-order valence-electron chi connectivity index (χ2n) is 8.72. The quantitative estimate of drug-likeness (QED) is 0.516. The van der Waals surface area contributed by atoms with E-state index in [0.717, 1.165) is 12.8 Å². The minimum atomic E-state index is -0.159. The average Bonchev–Trinajstić information content (AvgIpc) is 2.19. The van der Waals surface area contributed by atoms with Gasteiger partial charge in [0.25, 0.3) is 0 Å². The molecule has 0 aliphatic rings. The van der Waals surface area contributed by atoms with Crippen LogP contribution in [0.2, 0.25) is 0 Å². The number of Topliss-reactive ketones (excluding diaryl/α,β-unsaturated/α-hetero) is 1. The van der Waals surface area contributed by atoms with Gasteiger partial charge >= 0.3 is 0 Å². The predicted molar refractivity (Wildman–Crippen MR) is 85.4 cm³/mol. The van der Waals surface area contributed by atoms with Gasteiger partial charge in [-0.3, -0.25) is 4.79 Å². The smallest absolute Gasteiger partial charge is 0.138 e. The van der Waals surface area contributed by atoms with Gasteiger partial charge < -0.3 is 0 Å². The largest absolute Gasteiger partial charge is 0.299 e. The fourth-order valence-corrected chi connectivity index (χ4v) is 1.96. The van der Waals surface area contributed by atoms with Crippen molar-refractivity contribution in [3.05, 3.63) is 0 Å². The molecule has 19 heavy (non-hydrogen) atoms. The van der Waals surface area contributed by atoms with Crippen molar-refractivity contribution >= 4 is 5.78 Å². The highest BCUT2D eigenvalue weighted by atomic mass is 16.1. The zero-order chi connectivity index (χ0) is 15.3. The van der Waals surface area contributed by atoms with E-state index in [0.29, 0.717) is 16.6 Å². The SMILES string of the molecule is CC(C)(C)C(=O)CCCCCCC(C)(C)C(C)(C)C. The summed E-state index contributed by atoms with van der Waals surface area (Å²) in [5.74, 6) is 0.405. The Bertz CT molecular complexity index is 273. The molecule has 0 aromatic rings. The average molecular weight is 268 g/mol. The topological polar surface area (TPSA) is 17.1 Å². The van der Waals surface area contributed by atoms with Crippen LogP contribution >= 0.6 is 0 Å². The van der Waals surface area contributed by atoms with E-state index in [1.54, 1.807) is 0 Å². The first kappa shape index (κ1) is 18.7. The maximum Gasteiger partial charge on any atom is 0.138 e. The molecule has 0 aliphatic carbocycles. The van der Waals surface area contributed by atoms with Gasteiger partial charge in [0, 0.05) is 11.8 Å². The van der Waals surface area contributed by atoms with Crippen molar-refractivity contribution in [2.45, 2.75) is 93.9 Å². The second-order valence-corrected chi connectivity index (χ2v) is 8.72. The molecular weight excluding hydrogens is 232 g/mol. The van der Waals surface area contributed by atoms with Crippen LogP contribution in [0.3, 0.4) is 0 Å². The molecule has 0 radical (unpaired) electrons. The summed E-state index contributed by atoms with van der Waals surface area (Å²) in [6.07, 6.45) is 6.84. The van der Waals surface area contributed by atoms with Gasteiger partial charge in [-0.25, -0.2) is 0 Å². The van der Waals surface area contributed by atoms with E-state index >= 15 is 0 Å². The summed E-state index contributed by atoms with van der Waals surface area (Å²) < 4.78 is 0. The van der Waals surface area contributed by atoms with Crippen molar-refractivity contribution in [2.24, 2.45) is 16.2 Å². The molecule has 0 atom stereocenters. The van der Waals surface area contributed by atoms with E-state index in [4.69, 9.17) is 0 Å². The summed E-state index contributed by atoms with van der Waals surface area (Å²) in [5, 5.41) is 0. The Morgan fingerprint density at radius 2 is 1.21 bits per heavy atom. The zero-order valence-electron chi connectivity index (χ0n) is 14.7. The first-order chi connectivity index (χ1) is 8.38. The molecule has 0 N–H and O–H groups in total. The van der Waals surface area contributed by atoms with Gasteiger partial charge in [0.15, 0.2) is 0 Å². The highest BCUT2D eigenvalue weighted by Crippen LogP contribution is 2.41. The van der Waals surface area contributed by atoms with Gasteiger partial charge in [0.1, 0.15) is 5.78 Å². The van der Waals surface area contributed by atoms with E-state index in [1.165, 1.54) is 25.7 Å². The maximum absolute atomic E-state index is 11.8. The molecular formula is C18H36O. The normalized spacial score (nSPS) is 13.7. The van der Waals surface area contributed by atoms with Gasteiger partial charge in [-0.05, 0) is 23.7 Å². The molecule has 0 saturated carbocycles. The molecule has 0 rings (SSSR count). The molecule has 114 valence electrons. The lowest BCUT2D eigenvalue weighted by molar-refractivity contribution is -0.126. The van der Waals surface area contributed by atoms with Crippen LogP contribution in [0.1, 0.15) is 93.9 Å². The molecule has 0 heterocycles. The molecule has 0 unspecified atom stereocenters. The van der Waals surface area contributed by atoms with Crippen LogP contribution in [0.4, 0.5) is 0 Å². The van der Waals surface area contributed by atoms with Crippen LogP contribution in [0.25, 0.3) is 0 Å². The van der Waals surface area contributed by atoms with E-state index < -0.39 is 0 Å². The standard InChI is InChI=1S/C18H36O/c1-16(2,3)15(19)13-11-9-10-12-14-18(7,8)17(4,5)6/h9-14H2,1-8H3. The van der Waals surface area contributed by atoms with Gasteiger partial charge in [-0.1, -0.05) is 74.7 Å². The first-order valence-corrected chi connectivity index (χ1v) is 7.91. The minimum Gasteiger partial charge on any atom is -0.299 e. The third-order valence-corrected chi connectivity index (χ3v) is 4.82. The van der Waals surface area contributed by atoms with Crippen molar-refractivity contribution < 1.29 is 4.79 Å². The fraction of sp³-hybridized carbons (Fsp3) is 0.944. The van der Waals surface area contributed by atoms with Crippen LogP contribution in [0, 0.1) is 16.2 Å². The van der Waals surface area contributed by atoms with Crippen LogP contribution in [-0.2, 0) is 4.79 Å². The second kappa shape index (κ2) is 6.90. The molecule has 1 heteroatoms. The Morgan fingerprint density at radius 3 is 1.63 bits per heavy atom. The molecule has 0 amide bonds.